The van der Waals surface area contributed by atoms with Gasteiger partial charge in [-0.2, -0.15) is 0 Å². The van der Waals surface area contributed by atoms with E-state index in [4.69, 9.17) is 9.97 Å². The maximum atomic E-state index is 11.8. The Balaban J connectivity index is 1.70. The lowest BCUT2D eigenvalue weighted by atomic mass is 10.1. The number of nitrogens with zero attached hydrogens (tertiary/aromatic N) is 4. The quantitative estimate of drug-likeness (QED) is 0.506. The van der Waals surface area contributed by atoms with E-state index in [0.717, 1.165) is 33.5 Å². The summed E-state index contributed by atoms with van der Waals surface area (Å²) in [5.41, 5.74) is 3.69. The van der Waals surface area contributed by atoms with Gasteiger partial charge in [-0.1, -0.05) is 24.3 Å². The van der Waals surface area contributed by atoms with Gasteiger partial charge in [-0.3, -0.25) is 9.78 Å². The number of aromatic nitrogens is 3. The fourth-order valence-electron chi connectivity index (χ4n) is 3.35. The average Bonchev–Trinajstić information content (AvgIpc) is 2.78. The molecule has 2 aromatic heterocycles. The molecule has 0 bridgehead atoms. The van der Waals surface area contributed by atoms with Gasteiger partial charge in [-0.25, -0.2) is 9.97 Å². The van der Waals surface area contributed by atoms with E-state index in [2.05, 4.69) is 10.3 Å². The number of hydrogen-bond donors (Lipinski definition) is 1. The maximum Gasteiger partial charge on any atom is 0.219 e. The van der Waals surface area contributed by atoms with Crippen LogP contribution in [-0.4, -0.2) is 32.3 Å². The third-order valence-corrected chi connectivity index (χ3v) is 4.91. The Bertz CT molecular complexity index is 1180. The molecule has 4 aromatic rings. The molecule has 6 nitrogen and oxygen atoms in total. The molecule has 0 saturated heterocycles. The van der Waals surface area contributed by atoms with Gasteiger partial charge < -0.3 is 10.2 Å². The number of anilines is 2. The molecule has 30 heavy (non-hydrogen) atoms. The topological polar surface area (TPSA) is 71.0 Å². The number of hydrogen-bond acceptors (Lipinski definition) is 5. The molecule has 0 saturated carbocycles. The molecule has 1 amide bonds. The SMILES string of the molecule is CCN(Cc1cccc(Nc2nc(-c3cccnc3)nc3ccccc23)c1)C(C)=O. The van der Waals surface area contributed by atoms with Crippen LogP contribution in [0.25, 0.3) is 22.3 Å². The molecule has 6 heteroatoms. The number of fused-ring (bicyclic) bond motifs is 1. The van der Waals surface area contributed by atoms with Crippen molar-refractivity contribution < 1.29 is 4.79 Å². The number of carbonyl (C=O) groups excluding carboxylic acids is 1. The van der Waals surface area contributed by atoms with Gasteiger partial charge in [0.25, 0.3) is 0 Å². The Hall–Kier alpha value is -3.80. The van der Waals surface area contributed by atoms with E-state index < -0.39 is 0 Å². The Morgan fingerprint density at radius 1 is 1.03 bits per heavy atom. The second kappa shape index (κ2) is 8.69. The molecule has 0 aliphatic carbocycles. The first-order chi connectivity index (χ1) is 14.6. The van der Waals surface area contributed by atoms with Crippen LogP contribution >= 0.6 is 0 Å². The summed E-state index contributed by atoms with van der Waals surface area (Å²) < 4.78 is 0. The molecule has 0 spiro atoms. The zero-order chi connectivity index (χ0) is 20.9. The van der Waals surface area contributed by atoms with Crippen LogP contribution in [0.4, 0.5) is 11.5 Å². The minimum atomic E-state index is 0.0683. The molecule has 0 aliphatic rings. The number of amides is 1. The van der Waals surface area contributed by atoms with Crippen molar-refractivity contribution in [3.63, 3.8) is 0 Å². The summed E-state index contributed by atoms with van der Waals surface area (Å²) in [5.74, 6) is 1.42. The van der Waals surface area contributed by atoms with Crippen molar-refractivity contribution in [3.05, 3.63) is 78.6 Å². The molecule has 0 unspecified atom stereocenters. The predicted molar refractivity (Wildman–Crippen MR) is 119 cm³/mol. The molecule has 0 fully saturated rings. The van der Waals surface area contributed by atoms with Gasteiger partial charge in [0.1, 0.15) is 5.82 Å². The second-order valence-corrected chi connectivity index (χ2v) is 7.01. The smallest absolute Gasteiger partial charge is 0.219 e. The van der Waals surface area contributed by atoms with Crippen LogP contribution in [0, 0.1) is 0 Å². The number of pyridine rings is 1. The Kier molecular flexibility index (Phi) is 5.66. The summed E-state index contributed by atoms with van der Waals surface area (Å²) in [4.78, 5) is 27.2. The summed E-state index contributed by atoms with van der Waals surface area (Å²) in [6.07, 6.45) is 3.49. The summed E-state index contributed by atoms with van der Waals surface area (Å²) in [7, 11) is 0. The van der Waals surface area contributed by atoms with Gasteiger partial charge in [0, 0.05) is 49.0 Å². The van der Waals surface area contributed by atoms with Crippen molar-refractivity contribution in [3.8, 4) is 11.4 Å². The molecule has 1 N–H and O–H groups in total. The highest BCUT2D eigenvalue weighted by Crippen LogP contribution is 2.27. The van der Waals surface area contributed by atoms with Crippen LogP contribution < -0.4 is 5.32 Å². The molecule has 0 aliphatic heterocycles. The molecule has 2 aromatic carbocycles. The molecule has 4 rings (SSSR count). The number of rotatable bonds is 6. The highest BCUT2D eigenvalue weighted by Gasteiger charge is 2.11. The van der Waals surface area contributed by atoms with Crippen molar-refractivity contribution in [1.29, 1.82) is 0 Å². The largest absolute Gasteiger partial charge is 0.340 e. The summed E-state index contributed by atoms with van der Waals surface area (Å²) in [6, 6.07) is 19.8. The zero-order valence-corrected chi connectivity index (χ0v) is 17.0. The van der Waals surface area contributed by atoms with Crippen LogP contribution in [0.1, 0.15) is 19.4 Å². The average molecular weight is 397 g/mol. The van der Waals surface area contributed by atoms with Gasteiger partial charge in [0.15, 0.2) is 5.82 Å². The molecule has 0 atom stereocenters. The lowest BCUT2D eigenvalue weighted by Crippen LogP contribution is -2.27. The predicted octanol–water partition coefficient (Wildman–Crippen LogP) is 4.80. The zero-order valence-electron chi connectivity index (χ0n) is 17.0. The summed E-state index contributed by atoms with van der Waals surface area (Å²) in [5, 5.41) is 4.38. The summed E-state index contributed by atoms with van der Waals surface area (Å²) in [6.45, 7) is 4.83. The van der Waals surface area contributed by atoms with Crippen LogP contribution in [0.15, 0.2) is 73.1 Å². The molecule has 2 heterocycles. The first kappa shape index (κ1) is 19.5. The van der Waals surface area contributed by atoms with Crippen LogP contribution in [0.3, 0.4) is 0 Å². The fraction of sp³-hybridized carbons (Fsp3) is 0.167. The Morgan fingerprint density at radius 3 is 2.67 bits per heavy atom. The second-order valence-electron chi connectivity index (χ2n) is 7.01. The minimum absolute atomic E-state index is 0.0683. The van der Waals surface area contributed by atoms with Crippen LogP contribution in [0.5, 0.6) is 0 Å². The van der Waals surface area contributed by atoms with Crippen LogP contribution in [0.2, 0.25) is 0 Å². The van der Waals surface area contributed by atoms with Crippen molar-refractivity contribution in [2.45, 2.75) is 20.4 Å². The number of benzene rings is 2. The fourth-order valence-corrected chi connectivity index (χ4v) is 3.35. The van der Waals surface area contributed by atoms with Gasteiger partial charge in [-0.05, 0) is 48.9 Å². The van der Waals surface area contributed by atoms with E-state index in [0.29, 0.717) is 18.9 Å². The molecular formula is C24H23N5O. The molecule has 150 valence electrons. The Labute approximate surface area is 175 Å². The van der Waals surface area contributed by atoms with Crippen molar-refractivity contribution in [2.75, 3.05) is 11.9 Å². The number of carbonyl (C=O) groups is 1. The van der Waals surface area contributed by atoms with Gasteiger partial charge in [0.05, 0.1) is 5.52 Å². The van der Waals surface area contributed by atoms with Crippen molar-refractivity contribution >= 4 is 28.3 Å². The van der Waals surface area contributed by atoms with E-state index in [1.54, 1.807) is 24.2 Å². The number of nitrogens with one attached hydrogen (secondary N) is 1. The van der Waals surface area contributed by atoms with Gasteiger partial charge in [-0.15, -0.1) is 0 Å². The van der Waals surface area contributed by atoms with E-state index in [1.165, 1.54) is 0 Å². The highest BCUT2D eigenvalue weighted by atomic mass is 16.2. The maximum absolute atomic E-state index is 11.8. The summed E-state index contributed by atoms with van der Waals surface area (Å²) >= 11 is 0. The first-order valence-corrected chi connectivity index (χ1v) is 9.92. The minimum Gasteiger partial charge on any atom is -0.340 e. The van der Waals surface area contributed by atoms with Crippen LogP contribution in [-0.2, 0) is 11.3 Å². The van der Waals surface area contributed by atoms with E-state index >= 15 is 0 Å². The lowest BCUT2D eigenvalue weighted by Gasteiger charge is -2.19. The third kappa shape index (κ3) is 4.27. The lowest BCUT2D eigenvalue weighted by molar-refractivity contribution is -0.129. The van der Waals surface area contributed by atoms with E-state index in [1.807, 2.05) is 67.6 Å². The first-order valence-electron chi connectivity index (χ1n) is 9.92. The Morgan fingerprint density at radius 2 is 1.90 bits per heavy atom. The van der Waals surface area contributed by atoms with Crippen molar-refractivity contribution in [1.82, 2.24) is 19.9 Å². The molecular weight excluding hydrogens is 374 g/mol. The number of para-hydroxylation sites is 1. The monoisotopic (exact) mass is 397 g/mol. The van der Waals surface area contributed by atoms with Gasteiger partial charge in [0.2, 0.25) is 5.91 Å². The van der Waals surface area contributed by atoms with E-state index in [-0.39, 0.29) is 5.91 Å². The normalized spacial score (nSPS) is 10.7. The van der Waals surface area contributed by atoms with E-state index in [9.17, 15) is 4.79 Å². The van der Waals surface area contributed by atoms with Crippen molar-refractivity contribution in [2.24, 2.45) is 0 Å². The standard InChI is InChI=1S/C24H23N5O/c1-3-29(17(2)30)16-18-8-6-10-20(14-18)26-24-21-11-4-5-12-22(21)27-23(28-24)19-9-7-13-25-15-19/h4-15H,3,16H2,1-2H3,(H,26,27,28). The van der Waals surface area contributed by atoms with Gasteiger partial charge >= 0.3 is 0 Å². The highest BCUT2D eigenvalue weighted by molar-refractivity contribution is 5.92. The third-order valence-electron chi connectivity index (χ3n) is 4.91. The molecule has 0 radical (unpaired) electrons.